The molecule has 2 rings (SSSR count). The highest BCUT2D eigenvalue weighted by Gasteiger charge is 2.49. The summed E-state index contributed by atoms with van der Waals surface area (Å²) in [6.07, 6.45) is 1.43. The fourth-order valence-corrected chi connectivity index (χ4v) is 1.53. The molecular weight excluding hydrogens is 172 g/mol. The minimum Gasteiger partial charge on any atom is -0.396 e. The molecule has 3 atom stereocenters. The monoisotopic (exact) mass is 188 g/mol. The van der Waals surface area contributed by atoms with Crippen molar-refractivity contribution in [3.8, 4) is 0 Å². The molecule has 0 aromatic heterocycles. The van der Waals surface area contributed by atoms with E-state index in [2.05, 4.69) is 0 Å². The van der Waals surface area contributed by atoms with Crippen LogP contribution in [0.15, 0.2) is 0 Å². The lowest BCUT2D eigenvalue weighted by Gasteiger charge is -2.48. The van der Waals surface area contributed by atoms with Crippen molar-refractivity contribution in [1.82, 2.24) is 0 Å². The van der Waals surface area contributed by atoms with Crippen LogP contribution in [0.4, 0.5) is 0 Å². The van der Waals surface area contributed by atoms with Crippen LogP contribution in [0.2, 0.25) is 0 Å². The lowest BCUT2D eigenvalue weighted by molar-refractivity contribution is -0.379. The summed E-state index contributed by atoms with van der Waals surface area (Å²) in [6, 6.07) is 0. The Hall–Kier alpha value is -0.160. The highest BCUT2D eigenvalue weighted by atomic mass is 16.8. The van der Waals surface area contributed by atoms with Gasteiger partial charge in [-0.05, 0) is 6.42 Å². The summed E-state index contributed by atoms with van der Waals surface area (Å²) in [7, 11) is 0. The number of rotatable bonds is 4. The fourth-order valence-electron chi connectivity index (χ4n) is 1.53. The van der Waals surface area contributed by atoms with Crippen molar-refractivity contribution in [2.45, 2.75) is 32.3 Å². The van der Waals surface area contributed by atoms with Crippen molar-refractivity contribution in [2.75, 3.05) is 19.8 Å². The first kappa shape index (κ1) is 9.40. The number of aliphatic hydroxyl groups is 1. The van der Waals surface area contributed by atoms with Gasteiger partial charge in [-0.15, -0.1) is 0 Å². The molecule has 0 aliphatic carbocycles. The van der Waals surface area contributed by atoms with Gasteiger partial charge in [0.2, 0.25) is 0 Å². The summed E-state index contributed by atoms with van der Waals surface area (Å²) in [5, 5.41) is 9.21. The minimum atomic E-state index is -0.271. The molecule has 4 nitrogen and oxygen atoms in total. The Bertz CT molecular complexity index is 169. The topological polar surface area (TPSA) is 47.9 Å². The number of ether oxygens (including phenoxy) is 3. The van der Waals surface area contributed by atoms with Gasteiger partial charge in [0.1, 0.15) is 0 Å². The van der Waals surface area contributed by atoms with Crippen LogP contribution >= 0.6 is 0 Å². The van der Waals surface area contributed by atoms with Gasteiger partial charge in [-0.2, -0.15) is 0 Å². The van der Waals surface area contributed by atoms with E-state index >= 15 is 0 Å². The average molecular weight is 188 g/mol. The molecule has 2 aliphatic heterocycles. The third-order valence-corrected chi connectivity index (χ3v) is 2.97. The van der Waals surface area contributed by atoms with E-state index in [4.69, 9.17) is 14.2 Å². The zero-order valence-electron chi connectivity index (χ0n) is 7.86. The van der Waals surface area contributed by atoms with Crippen LogP contribution in [-0.2, 0) is 14.2 Å². The smallest absolute Gasteiger partial charge is 0.170 e. The average Bonchev–Trinajstić information content (AvgIpc) is 2.03. The summed E-state index contributed by atoms with van der Waals surface area (Å²) in [5.74, 6) is 0. The molecule has 0 radical (unpaired) electrons. The van der Waals surface area contributed by atoms with Gasteiger partial charge in [0.05, 0.1) is 25.2 Å². The van der Waals surface area contributed by atoms with Crippen LogP contribution in [0.25, 0.3) is 0 Å². The molecule has 0 aromatic carbocycles. The van der Waals surface area contributed by atoms with Gasteiger partial charge in [-0.1, -0.05) is 6.92 Å². The molecule has 4 heteroatoms. The normalized spacial score (nSPS) is 43.8. The number of hydrogen-bond acceptors (Lipinski definition) is 4. The predicted octanol–water partition coefficient (Wildman–Crippen LogP) is 0.494. The molecule has 3 unspecified atom stereocenters. The lowest BCUT2D eigenvalue weighted by atomic mass is 9.82. The van der Waals surface area contributed by atoms with E-state index in [1.165, 1.54) is 0 Å². The highest BCUT2D eigenvalue weighted by molar-refractivity contribution is 4.88. The lowest BCUT2D eigenvalue weighted by Crippen LogP contribution is -2.57. The Morgan fingerprint density at radius 2 is 2.31 bits per heavy atom. The Labute approximate surface area is 77.8 Å². The quantitative estimate of drug-likeness (QED) is 0.697. The summed E-state index contributed by atoms with van der Waals surface area (Å²) >= 11 is 0. The fraction of sp³-hybridized carbons (Fsp3) is 1.00. The Balaban J connectivity index is 1.84. The molecule has 76 valence electrons. The maximum absolute atomic E-state index is 9.21. The maximum atomic E-state index is 9.21. The van der Waals surface area contributed by atoms with E-state index in [1.54, 1.807) is 0 Å². The van der Waals surface area contributed by atoms with Crippen molar-refractivity contribution in [3.63, 3.8) is 0 Å². The second-order valence-electron chi connectivity index (χ2n) is 3.74. The van der Waals surface area contributed by atoms with Gasteiger partial charge < -0.3 is 19.3 Å². The first-order valence-corrected chi connectivity index (χ1v) is 4.80. The van der Waals surface area contributed by atoms with Crippen molar-refractivity contribution >= 4 is 0 Å². The molecule has 0 spiro atoms. The zero-order valence-corrected chi connectivity index (χ0v) is 7.86. The van der Waals surface area contributed by atoms with Crippen molar-refractivity contribution < 1.29 is 19.3 Å². The van der Waals surface area contributed by atoms with Gasteiger partial charge in [0.15, 0.2) is 12.6 Å². The Morgan fingerprint density at radius 3 is 2.62 bits per heavy atom. The predicted molar refractivity (Wildman–Crippen MR) is 45.0 cm³/mol. The largest absolute Gasteiger partial charge is 0.396 e. The molecule has 2 heterocycles. The Kier molecular flexibility index (Phi) is 2.55. The maximum Gasteiger partial charge on any atom is 0.170 e. The van der Waals surface area contributed by atoms with E-state index < -0.39 is 0 Å². The van der Waals surface area contributed by atoms with E-state index in [0.29, 0.717) is 6.61 Å². The summed E-state index contributed by atoms with van der Waals surface area (Å²) in [6.45, 7) is 3.53. The van der Waals surface area contributed by atoms with Crippen LogP contribution in [0.5, 0.6) is 0 Å². The van der Waals surface area contributed by atoms with E-state index in [-0.39, 0.29) is 24.6 Å². The van der Waals surface area contributed by atoms with Gasteiger partial charge in [0.25, 0.3) is 0 Å². The van der Waals surface area contributed by atoms with Crippen LogP contribution in [0.1, 0.15) is 19.8 Å². The summed E-state index contributed by atoms with van der Waals surface area (Å²) in [5.41, 5.74) is -0.182. The van der Waals surface area contributed by atoms with Gasteiger partial charge >= 0.3 is 0 Å². The minimum absolute atomic E-state index is 0.109. The number of aliphatic hydroxyl groups excluding tert-OH is 1. The van der Waals surface area contributed by atoms with Crippen LogP contribution in [0.3, 0.4) is 0 Å². The van der Waals surface area contributed by atoms with E-state index in [1.807, 2.05) is 6.92 Å². The second kappa shape index (κ2) is 3.53. The second-order valence-corrected chi connectivity index (χ2v) is 3.74. The molecule has 2 aliphatic rings. The third kappa shape index (κ3) is 1.48. The van der Waals surface area contributed by atoms with Gasteiger partial charge in [-0.25, -0.2) is 0 Å². The molecule has 2 fully saturated rings. The molecule has 1 N–H and O–H groups in total. The first-order valence-electron chi connectivity index (χ1n) is 4.80. The van der Waals surface area contributed by atoms with Crippen molar-refractivity contribution in [1.29, 1.82) is 0 Å². The van der Waals surface area contributed by atoms with Crippen LogP contribution in [-0.4, -0.2) is 37.5 Å². The van der Waals surface area contributed by atoms with Gasteiger partial charge in [0, 0.05) is 6.42 Å². The van der Waals surface area contributed by atoms with Crippen molar-refractivity contribution in [3.05, 3.63) is 0 Å². The van der Waals surface area contributed by atoms with Crippen LogP contribution in [0, 0.1) is 5.41 Å². The molecular formula is C9H16O4. The zero-order chi connectivity index (χ0) is 9.31. The number of hydrogen-bond donors (Lipinski definition) is 1. The SMILES string of the molecule is CCC1(CO)COC1OC1CCO1. The van der Waals surface area contributed by atoms with Gasteiger partial charge in [-0.3, -0.25) is 0 Å². The first-order chi connectivity index (χ1) is 6.30. The molecule has 0 aromatic rings. The van der Waals surface area contributed by atoms with Crippen molar-refractivity contribution in [2.24, 2.45) is 5.41 Å². The molecule has 0 bridgehead atoms. The molecule has 0 amide bonds. The Morgan fingerprint density at radius 1 is 1.54 bits per heavy atom. The van der Waals surface area contributed by atoms with E-state index in [9.17, 15) is 5.11 Å². The highest BCUT2D eigenvalue weighted by Crippen LogP contribution is 2.40. The summed E-state index contributed by atoms with van der Waals surface area (Å²) in [4.78, 5) is 0. The third-order valence-electron chi connectivity index (χ3n) is 2.97. The summed E-state index contributed by atoms with van der Waals surface area (Å²) < 4.78 is 15.9. The van der Waals surface area contributed by atoms with E-state index in [0.717, 1.165) is 19.4 Å². The standard InChI is InChI=1S/C9H16O4/c1-2-9(5-10)6-12-8(9)13-7-3-4-11-7/h7-8,10H,2-6H2,1H3. The molecule has 13 heavy (non-hydrogen) atoms. The van der Waals surface area contributed by atoms with Crippen LogP contribution < -0.4 is 0 Å². The molecule has 0 saturated carbocycles. The molecule has 2 saturated heterocycles.